The van der Waals surface area contributed by atoms with Gasteiger partial charge in [-0.2, -0.15) is 0 Å². The molecule has 3 atom stereocenters. The molecule has 2 fully saturated rings. The quantitative estimate of drug-likeness (QED) is 0.594. The Kier molecular flexibility index (Phi) is 6.19. The van der Waals surface area contributed by atoms with Crippen molar-refractivity contribution in [1.82, 2.24) is 15.2 Å². The summed E-state index contributed by atoms with van der Waals surface area (Å²) in [5.41, 5.74) is 1.74. The Morgan fingerprint density at radius 3 is 2.79 bits per heavy atom. The number of para-hydroxylation sites is 2. The lowest BCUT2D eigenvalue weighted by Gasteiger charge is -2.25. The van der Waals surface area contributed by atoms with Crippen molar-refractivity contribution in [3.05, 3.63) is 53.8 Å². The third kappa shape index (κ3) is 4.61. The number of aromatic nitrogens is 1. The lowest BCUT2D eigenvalue weighted by molar-refractivity contribution is -0.0685. The fourth-order valence-electron chi connectivity index (χ4n) is 4.57. The van der Waals surface area contributed by atoms with Crippen LogP contribution >= 0.6 is 0 Å². The topological polar surface area (TPSA) is 93.9 Å². The molecule has 1 aliphatic carbocycles. The van der Waals surface area contributed by atoms with Gasteiger partial charge in [0.05, 0.1) is 12.2 Å². The smallest absolute Gasteiger partial charge is 0.409 e. The summed E-state index contributed by atoms with van der Waals surface area (Å²) >= 11 is 0. The second-order valence-corrected chi connectivity index (χ2v) is 8.75. The Hall–Kier alpha value is -3.46. The number of nitrogens with zero attached hydrogens (tertiary/aromatic N) is 2. The number of ether oxygens (including phenoxy) is 2. The molecule has 5 rings (SSSR count). The number of benzene rings is 2. The normalized spacial score (nSPS) is 22.1. The summed E-state index contributed by atoms with van der Waals surface area (Å²) in [6.07, 6.45) is 2.58. The van der Waals surface area contributed by atoms with Gasteiger partial charge < -0.3 is 24.1 Å². The molecule has 2 amide bonds. The largest absolute Gasteiger partial charge is 0.436 e. The molecule has 8 nitrogen and oxygen atoms in total. The van der Waals surface area contributed by atoms with Crippen molar-refractivity contribution in [2.45, 2.75) is 50.5 Å². The van der Waals surface area contributed by atoms with Crippen LogP contribution < -0.4 is 5.32 Å². The Balaban J connectivity index is 1.21. The number of halogens is 1. The van der Waals surface area contributed by atoms with Crippen molar-refractivity contribution in [3.63, 3.8) is 0 Å². The SMILES string of the molecule is CN(C(=O)c1ccc(-c2nc3ccccc3o2)cc1F)[C@@H]1CC[C@H](NC(=O)O[C@H]2CCCO2)C1. The van der Waals surface area contributed by atoms with Crippen LogP contribution in [-0.4, -0.2) is 53.9 Å². The first-order valence-electron chi connectivity index (χ1n) is 11.5. The molecule has 2 heterocycles. The van der Waals surface area contributed by atoms with Crippen LogP contribution in [0.25, 0.3) is 22.6 Å². The second-order valence-electron chi connectivity index (χ2n) is 8.75. The Morgan fingerprint density at radius 1 is 1.18 bits per heavy atom. The van der Waals surface area contributed by atoms with Crippen molar-refractivity contribution >= 4 is 23.1 Å². The maximum Gasteiger partial charge on any atom is 0.409 e. The zero-order valence-electron chi connectivity index (χ0n) is 18.8. The predicted molar refractivity (Wildman–Crippen MR) is 122 cm³/mol. The van der Waals surface area contributed by atoms with Gasteiger partial charge in [0.25, 0.3) is 5.91 Å². The van der Waals surface area contributed by atoms with Gasteiger partial charge in [0, 0.05) is 31.1 Å². The van der Waals surface area contributed by atoms with E-state index < -0.39 is 24.1 Å². The molecule has 1 saturated heterocycles. The average Bonchev–Trinajstić information content (AvgIpc) is 3.59. The number of carbonyl (C=O) groups excluding carboxylic acids is 2. The van der Waals surface area contributed by atoms with Crippen LogP contribution in [-0.2, 0) is 9.47 Å². The highest BCUT2D eigenvalue weighted by molar-refractivity contribution is 5.95. The fraction of sp³-hybridized carbons (Fsp3) is 0.400. The molecule has 2 aliphatic rings. The van der Waals surface area contributed by atoms with E-state index in [-0.39, 0.29) is 17.6 Å². The lowest BCUT2D eigenvalue weighted by atomic mass is 10.1. The molecule has 1 N–H and O–H groups in total. The lowest BCUT2D eigenvalue weighted by Crippen LogP contribution is -2.39. The maximum absolute atomic E-state index is 14.9. The van der Waals surface area contributed by atoms with E-state index in [2.05, 4.69) is 10.3 Å². The third-order valence-electron chi connectivity index (χ3n) is 6.46. The van der Waals surface area contributed by atoms with Crippen LogP contribution in [0.5, 0.6) is 0 Å². The first-order valence-corrected chi connectivity index (χ1v) is 11.5. The fourth-order valence-corrected chi connectivity index (χ4v) is 4.57. The molecular weight excluding hydrogens is 441 g/mol. The molecule has 178 valence electrons. The Labute approximate surface area is 196 Å². The number of alkyl carbamates (subject to hydrolysis) is 1. The number of amides is 2. The molecule has 0 bridgehead atoms. The summed E-state index contributed by atoms with van der Waals surface area (Å²) in [6.45, 7) is 0.600. The number of fused-ring (bicyclic) bond motifs is 1. The van der Waals surface area contributed by atoms with E-state index in [1.54, 1.807) is 24.1 Å². The van der Waals surface area contributed by atoms with Gasteiger partial charge in [0.1, 0.15) is 11.3 Å². The van der Waals surface area contributed by atoms with Gasteiger partial charge in [-0.15, -0.1) is 0 Å². The minimum atomic E-state index is -0.635. The molecule has 0 unspecified atom stereocenters. The summed E-state index contributed by atoms with van der Waals surface area (Å²) in [7, 11) is 1.66. The average molecular weight is 467 g/mol. The van der Waals surface area contributed by atoms with Crippen LogP contribution in [0, 0.1) is 5.82 Å². The highest BCUT2D eigenvalue weighted by atomic mass is 19.1. The monoisotopic (exact) mass is 467 g/mol. The third-order valence-corrected chi connectivity index (χ3v) is 6.46. The standard InChI is InChI=1S/C25H26FN3O5/c1-29(17-10-9-16(14-17)27-25(31)34-22-7-4-12-32-22)24(30)18-11-8-15(13-19(18)26)23-28-20-5-2-3-6-21(20)33-23/h2-3,5-6,8,11,13,16-17,22H,4,7,9-10,12,14H2,1H3,(H,27,31)/t16-,17+,22-/m0/s1. The summed E-state index contributed by atoms with van der Waals surface area (Å²) < 4.78 is 31.2. The van der Waals surface area contributed by atoms with Gasteiger partial charge in [0.15, 0.2) is 5.58 Å². The molecule has 0 radical (unpaired) electrons. The van der Waals surface area contributed by atoms with Gasteiger partial charge >= 0.3 is 6.09 Å². The van der Waals surface area contributed by atoms with Gasteiger partial charge in [-0.25, -0.2) is 14.2 Å². The van der Waals surface area contributed by atoms with E-state index in [0.717, 1.165) is 6.42 Å². The van der Waals surface area contributed by atoms with E-state index in [9.17, 15) is 14.0 Å². The number of carbonyl (C=O) groups is 2. The molecule has 9 heteroatoms. The summed E-state index contributed by atoms with van der Waals surface area (Å²) in [5, 5.41) is 2.85. The maximum atomic E-state index is 14.9. The van der Waals surface area contributed by atoms with Crippen molar-refractivity contribution in [2.75, 3.05) is 13.7 Å². The van der Waals surface area contributed by atoms with Crippen molar-refractivity contribution in [2.24, 2.45) is 0 Å². The molecule has 1 saturated carbocycles. The van der Waals surface area contributed by atoms with Crippen LogP contribution in [0.2, 0.25) is 0 Å². The molecule has 1 aromatic heterocycles. The van der Waals surface area contributed by atoms with E-state index >= 15 is 0 Å². The number of hydrogen-bond donors (Lipinski definition) is 1. The highest BCUT2D eigenvalue weighted by Gasteiger charge is 2.33. The highest BCUT2D eigenvalue weighted by Crippen LogP contribution is 2.28. The minimum absolute atomic E-state index is 0.0171. The van der Waals surface area contributed by atoms with Gasteiger partial charge in [0.2, 0.25) is 12.2 Å². The van der Waals surface area contributed by atoms with Gasteiger partial charge in [-0.05, 0) is 56.0 Å². The zero-order valence-corrected chi connectivity index (χ0v) is 18.8. The van der Waals surface area contributed by atoms with Crippen LogP contribution in [0.1, 0.15) is 42.5 Å². The van der Waals surface area contributed by atoms with E-state index in [1.165, 1.54) is 12.1 Å². The second kappa shape index (κ2) is 9.42. The summed E-state index contributed by atoms with van der Waals surface area (Å²) in [4.78, 5) is 31.0. The van der Waals surface area contributed by atoms with Crippen molar-refractivity contribution < 1.29 is 27.9 Å². The Bertz CT molecular complexity index is 1170. The van der Waals surface area contributed by atoms with Crippen LogP contribution in [0.4, 0.5) is 9.18 Å². The molecule has 2 aromatic carbocycles. The number of rotatable bonds is 5. The van der Waals surface area contributed by atoms with E-state index in [0.29, 0.717) is 54.8 Å². The van der Waals surface area contributed by atoms with Crippen molar-refractivity contribution in [1.29, 1.82) is 0 Å². The summed E-state index contributed by atoms with van der Waals surface area (Å²) in [5.74, 6) is -0.745. The van der Waals surface area contributed by atoms with E-state index in [1.807, 2.05) is 18.2 Å². The van der Waals surface area contributed by atoms with Crippen LogP contribution in [0.15, 0.2) is 46.9 Å². The van der Waals surface area contributed by atoms with Gasteiger partial charge in [-0.3, -0.25) is 4.79 Å². The molecule has 34 heavy (non-hydrogen) atoms. The van der Waals surface area contributed by atoms with Crippen LogP contribution in [0.3, 0.4) is 0 Å². The first-order chi connectivity index (χ1) is 16.5. The van der Waals surface area contributed by atoms with Crippen molar-refractivity contribution in [3.8, 4) is 11.5 Å². The predicted octanol–water partition coefficient (Wildman–Crippen LogP) is 4.49. The summed E-state index contributed by atoms with van der Waals surface area (Å²) in [6, 6.07) is 11.4. The molecule has 1 aliphatic heterocycles. The number of nitrogens with one attached hydrogen (secondary N) is 1. The first kappa shape index (κ1) is 22.3. The number of hydrogen-bond acceptors (Lipinski definition) is 6. The number of oxazole rings is 1. The Morgan fingerprint density at radius 2 is 2.03 bits per heavy atom. The molecular formula is C25H26FN3O5. The minimum Gasteiger partial charge on any atom is -0.436 e. The van der Waals surface area contributed by atoms with Gasteiger partial charge in [-0.1, -0.05) is 12.1 Å². The molecule has 0 spiro atoms. The van der Waals surface area contributed by atoms with E-state index in [4.69, 9.17) is 13.9 Å². The zero-order chi connectivity index (χ0) is 23.7. The molecule has 3 aromatic rings.